The zero-order valence-corrected chi connectivity index (χ0v) is 12.5. The molecule has 5 nitrogen and oxygen atoms in total. The summed E-state index contributed by atoms with van der Waals surface area (Å²) in [6.07, 6.45) is 0.786. The molecule has 0 radical (unpaired) electrons. The molecular weight excluding hydrogens is 264 g/mol. The third-order valence-corrected chi connectivity index (χ3v) is 3.41. The van der Waals surface area contributed by atoms with Gasteiger partial charge in [0, 0.05) is 13.0 Å². The van der Waals surface area contributed by atoms with Crippen molar-refractivity contribution in [3.05, 3.63) is 35.9 Å². The van der Waals surface area contributed by atoms with E-state index in [1.54, 1.807) is 0 Å². The highest BCUT2D eigenvalue weighted by molar-refractivity contribution is 6.02. The summed E-state index contributed by atoms with van der Waals surface area (Å²) in [5.41, 5.74) is 2.02. The van der Waals surface area contributed by atoms with E-state index in [0.717, 1.165) is 17.7 Å². The molecule has 1 atom stereocenters. The Hall–Kier alpha value is -2.19. The normalized spacial score (nSPS) is 15.7. The number of carbonyl (C=O) groups is 1. The standard InChI is InChI=1S/C16H20N4O/c1-13(10-17)11-19(2)12-16(21)20-9-8-15(18-20)14-6-4-3-5-7-14/h3-7,13H,8-9,11-12H2,1-2H3/t13-/m0/s1. The quantitative estimate of drug-likeness (QED) is 0.827. The lowest BCUT2D eigenvalue weighted by Crippen LogP contribution is -2.36. The van der Waals surface area contributed by atoms with Crippen LogP contribution in [0.5, 0.6) is 0 Å². The maximum absolute atomic E-state index is 12.2. The fourth-order valence-corrected chi connectivity index (χ4v) is 2.36. The molecule has 0 aromatic heterocycles. The lowest BCUT2D eigenvalue weighted by atomic mass is 10.1. The number of nitriles is 1. The topological polar surface area (TPSA) is 59.7 Å². The number of likely N-dealkylation sites (N-methyl/N-ethyl adjacent to an activating group) is 1. The SMILES string of the molecule is C[C@@H](C#N)CN(C)CC(=O)N1CCC(c2ccccc2)=N1. The molecule has 1 amide bonds. The Morgan fingerprint density at radius 2 is 2.19 bits per heavy atom. The van der Waals surface area contributed by atoms with E-state index >= 15 is 0 Å². The van der Waals surface area contributed by atoms with Gasteiger partial charge in [-0.15, -0.1) is 0 Å². The van der Waals surface area contributed by atoms with Crippen molar-refractivity contribution in [3.63, 3.8) is 0 Å². The fourth-order valence-electron chi connectivity index (χ4n) is 2.36. The van der Waals surface area contributed by atoms with E-state index < -0.39 is 0 Å². The van der Waals surface area contributed by atoms with Gasteiger partial charge in [-0.2, -0.15) is 10.4 Å². The first-order chi connectivity index (χ1) is 10.1. The van der Waals surface area contributed by atoms with Gasteiger partial charge in [-0.3, -0.25) is 9.69 Å². The van der Waals surface area contributed by atoms with Crippen LogP contribution in [0.1, 0.15) is 18.9 Å². The number of rotatable bonds is 5. The fraction of sp³-hybridized carbons (Fsp3) is 0.438. The van der Waals surface area contributed by atoms with Crippen LogP contribution in [0.4, 0.5) is 0 Å². The monoisotopic (exact) mass is 284 g/mol. The zero-order chi connectivity index (χ0) is 15.2. The van der Waals surface area contributed by atoms with Gasteiger partial charge in [0.05, 0.1) is 30.8 Å². The lowest BCUT2D eigenvalue weighted by Gasteiger charge is -2.19. The van der Waals surface area contributed by atoms with Gasteiger partial charge in [0.1, 0.15) is 0 Å². The Bertz CT molecular complexity index is 561. The van der Waals surface area contributed by atoms with E-state index in [9.17, 15) is 4.79 Å². The number of hydrogen-bond donors (Lipinski definition) is 0. The molecule has 0 aliphatic carbocycles. The van der Waals surface area contributed by atoms with Gasteiger partial charge < -0.3 is 0 Å². The largest absolute Gasteiger partial charge is 0.296 e. The van der Waals surface area contributed by atoms with E-state index in [1.165, 1.54) is 5.01 Å². The highest BCUT2D eigenvalue weighted by atomic mass is 16.2. The van der Waals surface area contributed by atoms with Gasteiger partial charge in [-0.1, -0.05) is 30.3 Å². The van der Waals surface area contributed by atoms with Crippen molar-refractivity contribution in [1.82, 2.24) is 9.91 Å². The minimum atomic E-state index is -0.0789. The summed E-state index contributed by atoms with van der Waals surface area (Å²) in [5, 5.41) is 14.8. The lowest BCUT2D eigenvalue weighted by molar-refractivity contribution is -0.131. The maximum Gasteiger partial charge on any atom is 0.256 e. The maximum atomic E-state index is 12.2. The summed E-state index contributed by atoms with van der Waals surface area (Å²) in [5.74, 6) is -0.0988. The Balaban J connectivity index is 1.93. The second-order valence-corrected chi connectivity index (χ2v) is 5.41. The second-order valence-electron chi connectivity index (χ2n) is 5.41. The predicted octanol–water partition coefficient (Wildman–Crippen LogP) is 1.71. The molecule has 1 aromatic carbocycles. The average Bonchev–Trinajstić information content (AvgIpc) is 2.97. The highest BCUT2D eigenvalue weighted by Crippen LogP contribution is 2.14. The second kappa shape index (κ2) is 7.00. The first-order valence-corrected chi connectivity index (χ1v) is 7.11. The van der Waals surface area contributed by atoms with Crippen molar-refractivity contribution in [2.45, 2.75) is 13.3 Å². The van der Waals surface area contributed by atoms with Crippen LogP contribution in [0.2, 0.25) is 0 Å². The summed E-state index contributed by atoms with van der Waals surface area (Å²) in [4.78, 5) is 14.1. The predicted molar refractivity (Wildman–Crippen MR) is 81.6 cm³/mol. The Labute approximate surface area is 125 Å². The molecule has 0 saturated carbocycles. The summed E-state index contributed by atoms with van der Waals surface area (Å²) >= 11 is 0. The number of hydrogen-bond acceptors (Lipinski definition) is 4. The summed E-state index contributed by atoms with van der Waals surface area (Å²) < 4.78 is 0. The van der Waals surface area contributed by atoms with Gasteiger partial charge in [-0.25, -0.2) is 5.01 Å². The Kier molecular flexibility index (Phi) is 5.07. The molecule has 0 bridgehead atoms. The molecular formula is C16H20N4O. The number of hydrazone groups is 1. The summed E-state index contributed by atoms with van der Waals surface area (Å²) in [6.45, 7) is 3.36. The van der Waals surface area contributed by atoms with Crippen molar-refractivity contribution in [1.29, 1.82) is 5.26 Å². The van der Waals surface area contributed by atoms with E-state index in [0.29, 0.717) is 13.1 Å². The molecule has 0 N–H and O–H groups in total. The Morgan fingerprint density at radius 3 is 2.86 bits per heavy atom. The molecule has 110 valence electrons. The van der Waals surface area contributed by atoms with Crippen LogP contribution in [0.3, 0.4) is 0 Å². The van der Waals surface area contributed by atoms with E-state index in [2.05, 4.69) is 11.2 Å². The van der Waals surface area contributed by atoms with Gasteiger partial charge in [0.25, 0.3) is 5.91 Å². The average molecular weight is 284 g/mol. The summed E-state index contributed by atoms with van der Waals surface area (Å²) in [6, 6.07) is 12.1. The molecule has 1 aliphatic heterocycles. The van der Waals surface area contributed by atoms with Gasteiger partial charge in [0.2, 0.25) is 0 Å². The smallest absolute Gasteiger partial charge is 0.256 e. The Morgan fingerprint density at radius 1 is 1.48 bits per heavy atom. The highest BCUT2D eigenvalue weighted by Gasteiger charge is 2.22. The van der Waals surface area contributed by atoms with Crippen molar-refractivity contribution in [2.75, 3.05) is 26.7 Å². The van der Waals surface area contributed by atoms with E-state index in [1.807, 2.05) is 49.2 Å². The van der Waals surface area contributed by atoms with Crippen molar-refractivity contribution >= 4 is 11.6 Å². The number of nitrogens with zero attached hydrogens (tertiary/aromatic N) is 4. The molecule has 0 spiro atoms. The van der Waals surface area contributed by atoms with Crippen LogP contribution in [0, 0.1) is 17.2 Å². The first-order valence-electron chi connectivity index (χ1n) is 7.11. The summed E-state index contributed by atoms with van der Waals surface area (Å²) in [7, 11) is 1.85. The van der Waals surface area contributed by atoms with Crippen LogP contribution < -0.4 is 0 Å². The first kappa shape index (κ1) is 15.2. The van der Waals surface area contributed by atoms with Crippen molar-refractivity contribution in [3.8, 4) is 6.07 Å². The minimum absolute atomic E-state index is 0.0198. The van der Waals surface area contributed by atoms with Crippen molar-refractivity contribution in [2.24, 2.45) is 11.0 Å². The van der Waals surface area contributed by atoms with Crippen LogP contribution in [-0.2, 0) is 4.79 Å². The molecule has 1 aliphatic rings. The molecule has 21 heavy (non-hydrogen) atoms. The van der Waals surface area contributed by atoms with Crippen LogP contribution in [-0.4, -0.2) is 48.2 Å². The molecule has 5 heteroatoms. The molecule has 0 unspecified atom stereocenters. The minimum Gasteiger partial charge on any atom is -0.296 e. The zero-order valence-electron chi connectivity index (χ0n) is 12.5. The van der Waals surface area contributed by atoms with Gasteiger partial charge in [-0.05, 0) is 19.5 Å². The van der Waals surface area contributed by atoms with Crippen LogP contribution in [0.25, 0.3) is 0 Å². The van der Waals surface area contributed by atoms with Gasteiger partial charge in [0.15, 0.2) is 0 Å². The molecule has 1 heterocycles. The molecule has 0 fully saturated rings. The van der Waals surface area contributed by atoms with Crippen LogP contribution >= 0.6 is 0 Å². The van der Waals surface area contributed by atoms with E-state index in [-0.39, 0.29) is 18.4 Å². The molecule has 0 saturated heterocycles. The molecule has 1 aromatic rings. The van der Waals surface area contributed by atoms with Crippen molar-refractivity contribution < 1.29 is 4.79 Å². The third-order valence-electron chi connectivity index (χ3n) is 3.41. The molecule has 2 rings (SSSR count). The number of carbonyl (C=O) groups excluding carboxylic acids is 1. The third kappa shape index (κ3) is 4.14. The number of amides is 1. The van der Waals surface area contributed by atoms with Gasteiger partial charge >= 0.3 is 0 Å². The number of benzene rings is 1. The van der Waals surface area contributed by atoms with Crippen LogP contribution in [0.15, 0.2) is 35.4 Å². The van der Waals surface area contributed by atoms with E-state index in [4.69, 9.17) is 5.26 Å².